The number of nitrogens with one attached hydrogen (secondary N) is 1. The normalized spacial score (nSPS) is 14.7. The standard InChI is InChI=1S/C24H29NO5/c1-15(2)16(13-29-3)12-22(23(26)27)25-24(28)30-14-21-19-10-6-4-8-17(19)18-9-5-7-11-20(18)21/h4-11,15-16,21-22H,12-14H2,1-3H3,(H,25,28)(H,26,27). The SMILES string of the molecule is COCC(CC(NC(=O)OCC1c2ccccc2-c2ccccc21)C(=O)O)C(C)C. The van der Waals surface area contributed by atoms with Crippen molar-refractivity contribution in [3.63, 3.8) is 0 Å². The van der Waals surface area contributed by atoms with Gasteiger partial charge in [-0.25, -0.2) is 9.59 Å². The zero-order valence-electron chi connectivity index (χ0n) is 17.6. The molecular weight excluding hydrogens is 382 g/mol. The molecular formula is C24H29NO5. The minimum absolute atomic E-state index is 0.0185. The number of hydrogen-bond donors (Lipinski definition) is 2. The van der Waals surface area contributed by atoms with E-state index >= 15 is 0 Å². The van der Waals surface area contributed by atoms with E-state index < -0.39 is 18.1 Å². The molecule has 2 aromatic rings. The van der Waals surface area contributed by atoms with Crippen LogP contribution in [-0.2, 0) is 14.3 Å². The van der Waals surface area contributed by atoms with E-state index in [1.54, 1.807) is 7.11 Å². The van der Waals surface area contributed by atoms with Crippen LogP contribution in [0, 0.1) is 11.8 Å². The fourth-order valence-corrected chi connectivity index (χ4v) is 4.05. The van der Waals surface area contributed by atoms with Crippen LogP contribution < -0.4 is 5.32 Å². The molecule has 0 spiro atoms. The molecule has 160 valence electrons. The molecule has 2 N–H and O–H groups in total. The minimum atomic E-state index is -1.08. The topological polar surface area (TPSA) is 84.9 Å². The molecule has 0 heterocycles. The third-order valence-electron chi connectivity index (χ3n) is 5.80. The van der Waals surface area contributed by atoms with Crippen LogP contribution in [0.15, 0.2) is 48.5 Å². The number of carbonyl (C=O) groups excluding carboxylic acids is 1. The molecule has 0 saturated carbocycles. The van der Waals surface area contributed by atoms with Crippen molar-refractivity contribution in [2.75, 3.05) is 20.3 Å². The lowest BCUT2D eigenvalue weighted by molar-refractivity contribution is -0.140. The van der Waals surface area contributed by atoms with Crippen molar-refractivity contribution in [2.45, 2.75) is 32.2 Å². The molecule has 30 heavy (non-hydrogen) atoms. The van der Waals surface area contributed by atoms with E-state index in [1.807, 2.05) is 50.2 Å². The number of carboxylic acid groups (broad SMARTS) is 1. The molecule has 6 heteroatoms. The van der Waals surface area contributed by atoms with E-state index in [1.165, 1.54) is 0 Å². The number of fused-ring (bicyclic) bond motifs is 3. The van der Waals surface area contributed by atoms with E-state index in [0.29, 0.717) is 6.61 Å². The van der Waals surface area contributed by atoms with E-state index in [0.717, 1.165) is 22.3 Å². The van der Waals surface area contributed by atoms with Gasteiger partial charge in [0.2, 0.25) is 0 Å². The molecule has 6 nitrogen and oxygen atoms in total. The second-order valence-electron chi connectivity index (χ2n) is 8.06. The second-order valence-corrected chi connectivity index (χ2v) is 8.06. The molecule has 1 aliphatic rings. The second kappa shape index (κ2) is 9.76. The maximum atomic E-state index is 12.4. The molecule has 3 rings (SSSR count). The lowest BCUT2D eigenvalue weighted by Gasteiger charge is -2.24. The third-order valence-corrected chi connectivity index (χ3v) is 5.80. The Labute approximate surface area is 177 Å². The summed E-state index contributed by atoms with van der Waals surface area (Å²) in [5.41, 5.74) is 4.51. The number of carboxylic acids is 1. The summed E-state index contributed by atoms with van der Waals surface area (Å²) in [5.74, 6) is -0.894. The molecule has 0 fully saturated rings. The molecule has 2 aromatic carbocycles. The molecule has 1 aliphatic carbocycles. The van der Waals surface area contributed by atoms with Crippen LogP contribution in [0.1, 0.15) is 37.3 Å². The van der Waals surface area contributed by atoms with Gasteiger partial charge in [0.05, 0.1) is 0 Å². The molecule has 2 atom stereocenters. The van der Waals surface area contributed by atoms with Crippen LogP contribution in [0.25, 0.3) is 11.1 Å². The van der Waals surface area contributed by atoms with Crippen LogP contribution in [-0.4, -0.2) is 43.5 Å². The summed E-state index contributed by atoms with van der Waals surface area (Å²) >= 11 is 0. The molecule has 2 unspecified atom stereocenters. The fourth-order valence-electron chi connectivity index (χ4n) is 4.05. The number of alkyl carbamates (subject to hydrolysis) is 1. The fraction of sp³-hybridized carbons (Fsp3) is 0.417. The number of methoxy groups -OCH3 is 1. The van der Waals surface area contributed by atoms with Crippen LogP contribution in [0.2, 0.25) is 0 Å². The molecule has 0 radical (unpaired) electrons. The van der Waals surface area contributed by atoms with Gasteiger partial charge in [0, 0.05) is 19.6 Å². The van der Waals surface area contributed by atoms with Crippen LogP contribution >= 0.6 is 0 Å². The number of benzene rings is 2. The Morgan fingerprint density at radius 2 is 1.60 bits per heavy atom. The summed E-state index contributed by atoms with van der Waals surface area (Å²) in [7, 11) is 1.59. The Balaban J connectivity index is 1.65. The van der Waals surface area contributed by atoms with Gasteiger partial charge < -0.3 is 19.9 Å². The summed E-state index contributed by atoms with van der Waals surface area (Å²) in [6.45, 7) is 4.61. The van der Waals surface area contributed by atoms with Gasteiger partial charge in [0.15, 0.2) is 0 Å². The average molecular weight is 411 g/mol. The highest BCUT2D eigenvalue weighted by atomic mass is 16.5. The lowest BCUT2D eigenvalue weighted by Crippen LogP contribution is -2.43. The Morgan fingerprint density at radius 3 is 2.10 bits per heavy atom. The van der Waals surface area contributed by atoms with Gasteiger partial charge in [-0.3, -0.25) is 0 Å². The van der Waals surface area contributed by atoms with Gasteiger partial charge in [-0.2, -0.15) is 0 Å². The Kier molecular flexibility index (Phi) is 7.11. The van der Waals surface area contributed by atoms with Crippen molar-refractivity contribution in [1.82, 2.24) is 5.32 Å². The molecule has 0 aromatic heterocycles. The van der Waals surface area contributed by atoms with E-state index in [9.17, 15) is 14.7 Å². The molecule has 0 bridgehead atoms. The van der Waals surface area contributed by atoms with Crippen molar-refractivity contribution in [3.8, 4) is 11.1 Å². The van der Waals surface area contributed by atoms with Crippen molar-refractivity contribution in [1.29, 1.82) is 0 Å². The van der Waals surface area contributed by atoms with Gasteiger partial charge in [0.1, 0.15) is 12.6 Å². The van der Waals surface area contributed by atoms with Crippen LogP contribution in [0.4, 0.5) is 4.79 Å². The van der Waals surface area contributed by atoms with E-state index in [2.05, 4.69) is 17.4 Å². The predicted octanol–water partition coefficient (Wildman–Crippen LogP) is 4.29. The summed E-state index contributed by atoms with van der Waals surface area (Å²) in [6, 6.07) is 15.1. The summed E-state index contributed by atoms with van der Waals surface area (Å²) in [4.78, 5) is 24.1. The first kappa shape index (κ1) is 21.8. The number of hydrogen-bond acceptors (Lipinski definition) is 4. The van der Waals surface area contributed by atoms with Crippen molar-refractivity contribution in [3.05, 3.63) is 59.7 Å². The predicted molar refractivity (Wildman–Crippen MR) is 114 cm³/mol. The van der Waals surface area contributed by atoms with Gasteiger partial charge in [0.25, 0.3) is 0 Å². The van der Waals surface area contributed by atoms with E-state index in [-0.39, 0.29) is 30.8 Å². The van der Waals surface area contributed by atoms with Crippen molar-refractivity contribution < 1.29 is 24.2 Å². The average Bonchev–Trinajstić information content (AvgIpc) is 3.05. The zero-order chi connectivity index (χ0) is 21.7. The molecule has 0 saturated heterocycles. The van der Waals surface area contributed by atoms with Gasteiger partial charge >= 0.3 is 12.1 Å². The highest BCUT2D eigenvalue weighted by Gasteiger charge is 2.30. The Hall–Kier alpha value is -2.86. The Bertz CT molecular complexity index is 849. The number of amides is 1. The largest absolute Gasteiger partial charge is 0.480 e. The zero-order valence-corrected chi connectivity index (χ0v) is 17.6. The first-order chi connectivity index (χ1) is 14.4. The smallest absolute Gasteiger partial charge is 0.407 e. The van der Waals surface area contributed by atoms with E-state index in [4.69, 9.17) is 9.47 Å². The minimum Gasteiger partial charge on any atom is -0.480 e. The number of aliphatic carboxylic acids is 1. The van der Waals surface area contributed by atoms with Crippen molar-refractivity contribution >= 4 is 12.1 Å². The number of rotatable bonds is 9. The van der Waals surface area contributed by atoms with Gasteiger partial charge in [-0.05, 0) is 40.5 Å². The highest BCUT2D eigenvalue weighted by molar-refractivity contribution is 5.81. The first-order valence-electron chi connectivity index (χ1n) is 10.3. The number of carbonyl (C=O) groups is 2. The quantitative estimate of drug-likeness (QED) is 0.643. The summed E-state index contributed by atoms with van der Waals surface area (Å²) in [6.07, 6.45) is -0.436. The lowest BCUT2D eigenvalue weighted by atomic mass is 9.90. The molecule has 1 amide bonds. The maximum Gasteiger partial charge on any atom is 0.407 e. The monoisotopic (exact) mass is 411 g/mol. The van der Waals surface area contributed by atoms with Crippen LogP contribution in [0.3, 0.4) is 0 Å². The number of ether oxygens (including phenoxy) is 2. The Morgan fingerprint density at radius 1 is 1.03 bits per heavy atom. The highest BCUT2D eigenvalue weighted by Crippen LogP contribution is 2.44. The first-order valence-corrected chi connectivity index (χ1v) is 10.3. The maximum absolute atomic E-state index is 12.4. The summed E-state index contributed by atoms with van der Waals surface area (Å²) < 4.78 is 10.7. The van der Waals surface area contributed by atoms with Crippen molar-refractivity contribution in [2.24, 2.45) is 11.8 Å². The molecule has 0 aliphatic heterocycles. The van der Waals surface area contributed by atoms with Gasteiger partial charge in [-0.1, -0.05) is 62.4 Å². The van der Waals surface area contributed by atoms with Gasteiger partial charge in [-0.15, -0.1) is 0 Å². The van der Waals surface area contributed by atoms with Crippen LogP contribution in [0.5, 0.6) is 0 Å². The third kappa shape index (κ3) is 4.82. The summed E-state index contributed by atoms with van der Waals surface area (Å²) in [5, 5.41) is 12.1.